The van der Waals surface area contributed by atoms with E-state index in [9.17, 15) is 23.3 Å². The molecule has 0 radical (unpaired) electrons. The van der Waals surface area contributed by atoms with Gasteiger partial charge in [0.25, 0.3) is 5.69 Å². The molecule has 114 valence electrons. The maximum Gasteiger partial charge on any atom is 0.270 e. The third kappa shape index (κ3) is 3.03. The van der Waals surface area contributed by atoms with E-state index in [0.717, 1.165) is 6.07 Å². The largest absolute Gasteiger partial charge is 0.343 e. The summed E-state index contributed by atoms with van der Waals surface area (Å²) in [5.41, 5.74) is 0.198. The Labute approximate surface area is 122 Å². The van der Waals surface area contributed by atoms with E-state index in [1.54, 1.807) is 6.92 Å². The minimum atomic E-state index is -3.79. The Morgan fingerprint density at radius 1 is 1.24 bits per heavy atom. The molecule has 0 bridgehead atoms. The van der Waals surface area contributed by atoms with Gasteiger partial charge in [-0.2, -0.15) is 4.31 Å². The first kappa shape index (κ1) is 15.4. The van der Waals surface area contributed by atoms with Crippen LogP contribution in [0.15, 0.2) is 23.1 Å². The van der Waals surface area contributed by atoms with Crippen LogP contribution in [-0.4, -0.2) is 55.1 Å². The fraction of sp³-hybridized carbons (Fsp3) is 0.417. The summed E-state index contributed by atoms with van der Waals surface area (Å²) in [7, 11) is -3.79. The lowest BCUT2D eigenvalue weighted by Crippen LogP contribution is -2.48. The highest BCUT2D eigenvalue weighted by Crippen LogP contribution is 2.25. The summed E-state index contributed by atoms with van der Waals surface area (Å²) in [6, 6.07) is 3.78. The number of aryl methyl sites for hydroxylation is 1. The predicted molar refractivity (Wildman–Crippen MR) is 74.2 cm³/mol. The molecule has 1 amide bonds. The number of carbonyl (C=O) groups excluding carboxylic acids is 1. The Morgan fingerprint density at radius 3 is 2.38 bits per heavy atom. The van der Waals surface area contributed by atoms with Crippen molar-refractivity contribution in [2.24, 2.45) is 0 Å². The fourth-order valence-electron chi connectivity index (χ4n) is 2.17. The highest BCUT2D eigenvalue weighted by molar-refractivity contribution is 7.89. The molecule has 8 nitrogen and oxygen atoms in total. The van der Waals surface area contributed by atoms with E-state index in [1.165, 1.54) is 21.3 Å². The first-order chi connectivity index (χ1) is 9.86. The van der Waals surface area contributed by atoms with Crippen LogP contribution in [0.5, 0.6) is 0 Å². The smallest absolute Gasteiger partial charge is 0.270 e. The minimum Gasteiger partial charge on any atom is -0.343 e. The molecular weight excluding hydrogens is 298 g/mol. The first-order valence-electron chi connectivity index (χ1n) is 6.31. The maximum atomic E-state index is 12.6. The van der Waals surface area contributed by atoms with Crippen LogP contribution in [0.25, 0.3) is 0 Å². The van der Waals surface area contributed by atoms with Crippen molar-refractivity contribution >= 4 is 22.1 Å². The molecule has 1 saturated heterocycles. The second-order valence-corrected chi connectivity index (χ2v) is 6.66. The van der Waals surface area contributed by atoms with Crippen LogP contribution >= 0.6 is 0 Å². The third-order valence-electron chi connectivity index (χ3n) is 3.42. The molecule has 1 fully saturated rings. The zero-order valence-corrected chi connectivity index (χ0v) is 12.2. The number of nitro groups is 1. The second-order valence-electron chi connectivity index (χ2n) is 4.75. The zero-order chi connectivity index (χ0) is 15.6. The molecule has 0 aliphatic carbocycles. The molecule has 0 spiro atoms. The van der Waals surface area contributed by atoms with Gasteiger partial charge in [0.2, 0.25) is 16.4 Å². The lowest BCUT2D eigenvalue weighted by Gasteiger charge is -2.31. The van der Waals surface area contributed by atoms with Crippen LogP contribution in [0.1, 0.15) is 5.56 Å². The Morgan fingerprint density at radius 2 is 1.86 bits per heavy atom. The van der Waals surface area contributed by atoms with Crippen LogP contribution in [0.3, 0.4) is 0 Å². The number of piperazine rings is 1. The summed E-state index contributed by atoms with van der Waals surface area (Å²) in [4.78, 5) is 22.3. The molecule has 0 saturated carbocycles. The topological polar surface area (TPSA) is 101 Å². The molecule has 2 rings (SSSR count). The number of non-ortho nitro benzene ring substituents is 1. The molecule has 0 unspecified atom stereocenters. The van der Waals surface area contributed by atoms with E-state index in [4.69, 9.17) is 0 Å². The van der Waals surface area contributed by atoms with Gasteiger partial charge in [0.05, 0.1) is 9.82 Å². The molecule has 1 aliphatic rings. The number of hydrogen-bond acceptors (Lipinski definition) is 5. The van der Waals surface area contributed by atoms with Gasteiger partial charge in [-0.1, -0.05) is 6.07 Å². The number of amides is 1. The van der Waals surface area contributed by atoms with Gasteiger partial charge in [0, 0.05) is 38.3 Å². The van der Waals surface area contributed by atoms with E-state index in [-0.39, 0.29) is 23.7 Å². The van der Waals surface area contributed by atoms with Gasteiger partial charge < -0.3 is 4.90 Å². The van der Waals surface area contributed by atoms with Crippen molar-refractivity contribution in [2.45, 2.75) is 11.8 Å². The Kier molecular flexibility index (Phi) is 4.24. The third-order valence-corrected chi connectivity index (χ3v) is 5.46. The molecule has 0 aromatic heterocycles. The number of nitrogens with zero attached hydrogens (tertiary/aromatic N) is 3. The number of rotatable bonds is 4. The van der Waals surface area contributed by atoms with Gasteiger partial charge in [-0.3, -0.25) is 14.9 Å². The van der Waals surface area contributed by atoms with Gasteiger partial charge >= 0.3 is 0 Å². The van der Waals surface area contributed by atoms with Crippen LogP contribution in [0, 0.1) is 17.0 Å². The Bertz CT molecular complexity index is 665. The molecule has 1 aromatic carbocycles. The number of hydrogen-bond donors (Lipinski definition) is 0. The minimum absolute atomic E-state index is 0.0590. The van der Waals surface area contributed by atoms with Crippen molar-refractivity contribution in [3.05, 3.63) is 33.9 Å². The van der Waals surface area contributed by atoms with Crippen molar-refractivity contribution in [3.63, 3.8) is 0 Å². The Balaban J connectivity index is 2.34. The first-order valence-corrected chi connectivity index (χ1v) is 7.75. The van der Waals surface area contributed by atoms with Gasteiger partial charge in [0.1, 0.15) is 0 Å². The molecule has 1 heterocycles. The molecule has 1 aliphatic heterocycles. The van der Waals surface area contributed by atoms with E-state index >= 15 is 0 Å². The highest BCUT2D eigenvalue weighted by Gasteiger charge is 2.30. The summed E-state index contributed by atoms with van der Waals surface area (Å²) >= 11 is 0. The van der Waals surface area contributed by atoms with Crippen LogP contribution < -0.4 is 0 Å². The van der Waals surface area contributed by atoms with Crippen molar-refractivity contribution in [1.82, 2.24) is 9.21 Å². The van der Waals surface area contributed by atoms with E-state index in [0.29, 0.717) is 25.1 Å². The van der Waals surface area contributed by atoms with E-state index in [1.807, 2.05) is 0 Å². The van der Waals surface area contributed by atoms with Crippen molar-refractivity contribution in [1.29, 1.82) is 0 Å². The summed E-state index contributed by atoms with van der Waals surface area (Å²) in [6.07, 6.45) is 0.683. The van der Waals surface area contributed by atoms with Gasteiger partial charge in [-0.05, 0) is 12.5 Å². The molecule has 21 heavy (non-hydrogen) atoms. The van der Waals surface area contributed by atoms with Gasteiger partial charge in [-0.15, -0.1) is 0 Å². The van der Waals surface area contributed by atoms with Gasteiger partial charge in [-0.25, -0.2) is 8.42 Å². The van der Waals surface area contributed by atoms with Crippen LogP contribution in [-0.2, 0) is 14.8 Å². The SMILES string of the molecule is Cc1ccc([N+](=O)[O-])cc1S(=O)(=O)N1CCN(C=O)CC1. The standard InChI is InChI=1S/C12H15N3O5S/c1-10-2-3-11(15(17)18)8-12(10)21(19,20)14-6-4-13(9-16)5-7-14/h2-3,8-9H,4-7H2,1H3. The quantitative estimate of drug-likeness (QED) is 0.454. The molecular formula is C12H15N3O5S. The van der Waals surface area contributed by atoms with Crippen molar-refractivity contribution < 1.29 is 18.1 Å². The van der Waals surface area contributed by atoms with Crippen molar-refractivity contribution in [3.8, 4) is 0 Å². The predicted octanol–water partition coefficient (Wildman–Crippen LogP) is 0.366. The average molecular weight is 313 g/mol. The normalized spacial score (nSPS) is 16.7. The fourth-order valence-corrected chi connectivity index (χ4v) is 3.84. The Hall–Kier alpha value is -2.00. The number of carbonyl (C=O) groups is 1. The lowest BCUT2D eigenvalue weighted by molar-refractivity contribution is -0.385. The van der Waals surface area contributed by atoms with E-state index in [2.05, 4.69) is 0 Å². The summed E-state index contributed by atoms with van der Waals surface area (Å²) < 4.78 is 26.4. The summed E-state index contributed by atoms with van der Waals surface area (Å²) in [5, 5.41) is 10.8. The number of benzene rings is 1. The number of sulfonamides is 1. The molecule has 0 atom stereocenters. The maximum absolute atomic E-state index is 12.6. The number of nitro benzene ring substituents is 1. The molecule has 9 heteroatoms. The average Bonchev–Trinajstić information content (AvgIpc) is 2.47. The van der Waals surface area contributed by atoms with E-state index < -0.39 is 14.9 Å². The lowest BCUT2D eigenvalue weighted by atomic mass is 10.2. The zero-order valence-electron chi connectivity index (χ0n) is 11.4. The van der Waals surface area contributed by atoms with Crippen LogP contribution in [0.2, 0.25) is 0 Å². The summed E-state index contributed by atoms with van der Waals surface area (Å²) in [6.45, 7) is 2.60. The van der Waals surface area contributed by atoms with Crippen molar-refractivity contribution in [2.75, 3.05) is 26.2 Å². The van der Waals surface area contributed by atoms with Gasteiger partial charge in [0.15, 0.2) is 0 Å². The monoisotopic (exact) mass is 313 g/mol. The molecule has 0 N–H and O–H groups in total. The summed E-state index contributed by atoms with van der Waals surface area (Å²) in [5.74, 6) is 0. The van der Waals surface area contributed by atoms with Crippen LogP contribution in [0.4, 0.5) is 5.69 Å². The second kappa shape index (κ2) is 5.78. The molecule has 1 aromatic rings. The highest BCUT2D eigenvalue weighted by atomic mass is 32.2.